The van der Waals surface area contributed by atoms with Gasteiger partial charge in [-0.3, -0.25) is 15.2 Å². The first-order valence-electron chi connectivity index (χ1n) is 14.6. The molecular formula is C30H50N4O4. The lowest BCUT2D eigenvalue weighted by Crippen LogP contribution is -2.47. The number of ether oxygens (including phenoxy) is 1. The molecule has 214 valence electrons. The Morgan fingerprint density at radius 3 is 2.47 bits per heavy atom. The van der Waals surface area contributed by atoms with Crippen LogP contribution < -0.4 is 0 Å². The van der Waals surface area contributed by atoms with E-state index in [0.29, 0.717) is 23.7 Å². The van der Waals surface area contributed by atoms with Crippen LogP contribution in [0.15, 0.2) is 0 Å². The molecule has 8 nitrogen and oxygen atoms in total. The highest BCUT2D eigenvalue weighted by Crippen LogP contribution is 2.47. The molecule has 1 aromatic rings. The quantitative estimate of drug-likeness (QED) is 0.206. The van der Waals surface area contributed by atoms with Crippen molar-refractivity contribution >= 4 is 5.97 Å². The maximum Gasteiger partial charge on any atom is 0.318 e. The molecular weight excluding hydrogens is 480 g/mol. The van der Waals surface area contributed by atoms with Gasteiger partial charge in [0, 0.05) is 11.8 Å². The molecule has 0 saturated heterocycles. The summed E-state index contributed by atoms with van der Waals surface area (Å²) in [5.74, 6) is 1.23. The number of aromatic nitrogens is 3. The zero-order valence-electron chi connectivity index (χ0n) is 24.7. The molecule has 8 heteroatoms. The molecule has 9 unspecified atom stereocenters. The molecule has 0 aromatic carbocycles. The molecule has 1 heterocycles. The van der Waals surface area contributed by atoms with E-state index >= 15 is 0 Å². The zero-order chi connectivity index (χ0) is 28.2. The molecule has 2 aliphatic rings. The fraction of sp³-hybridized carbons (Fsp3) is 0.867. The van der Waals surface area contributed by atoms with Gasteiger partial charge < -0.3 is 4.74 Å². The predicted molar refractivity (Wildman–Crippen MR) is 146 cm³/mol. The molecule has 0 spiro atoms. The fourth-order valence-corrected chi connectivity index (χ4v) is 6.96. The lowest BCUT2D eigenvalue weighted by Gasteiger charge is -2.47. The van der Waals surface area contributed by atoms with Gasteiger partial charge in [0.25, 0.3) is 0 Å². The average molecular weight is 531 g/mol. The normalized spacial score (nSPS) is 32.0. The SMILES string of the molecule is CC(C)CC1CC(C)CC(C(C)(C)C)C1OC(=O)C(c1n[nH]c(C2CC(C)CCC2C)n1)C(C#N)COO. The summed E-state index contributed by atoms with van der Waals surface area (Å²) in [5.41, 5.74) is -0.0429. The van der Waals surface area contributed by atoms with Crippen LogP contribution in [0.25, 0.3) is 0 Å². The summed E-state index contributed by atoms with van der Waals surface area (Å²) in [6, 6.07) is 2.14. The lowest BCUT2D eigenvalue weighted by molar-refractivity contribution is -0.249. The van der Waals surface area contributed by atoms with E-state index in [0.717, 1.165) is 37.9 Å². The van der Waals surface area contributed by atoms with Gasteiger partial charge in [-0.15, -0.1) is 0 Å². The van der Waals surface area contributed by atoms with Crippen molar-refractivity contribution < 1.29 is 19.7 Å². The van der Waals surface area contributed by atoms with Crippen molar-refractivity contribution in [1.82, 2.24) is 15.2 Å². The predicted octanol–water partition coefficient (Wildman–Crippen LogP) is 6.72. The van der Waals surface area contributed by atoms with Crippen LogP contribution in [0, 0.1) is 58.2 Å². The maximum absolute atomic E-state index is 14.0. The third kappa shape index (κ3) is 7.35. The number of nitrogens with one attached hydrogen (secondary N) is 1. The number of nitrogens with zero attached hydrogens (tertiary/aromatic N) is 3. The van der Waals surface area contributed by atoms with Gasteiger partial charge in [-0.25, -0.2) is 9.87 Å². The molecule has 2 saturated carbocycles. The van der Waals surface area contributed by atoms with Crippen LogP contribution >= 0.6 is 0 Å². The minimum absolute atomic E-state index is 0.0429. The summed E-state index contributed by atoms with van der Waals surface area (Å²) in [7, 11) is 0. The molecule has 0 aliphatic heterocycles. The first kappa shape index (κ1) is 30.6. The van der Waals surface area contributed by atoms with Gasteiger partial charge in [0.1, 0.15) is 17.8 Å². The highest BCUT2D eigenvalue weighted by molar-refractivity contribution is 5.78. The summed E-state index contributed by atoms with van der Waals surface area (Å²) < 4.78 is 6.41. The topological polar surface area (TPSA) is 121 Å². The third-order valence-corrected chi connectivity index (χ3v) is 9.04. The van der Waals surface area contributed by atoms with E-state index in [2.05, 4.69) is 76.5 Å². The summed E-state index contributed by atoms with van der Waals surface area (Å²) in [6.45, 7) is 17.5. The Bertz CT molecular complexity index is 947. The molecule has 0 radical (unpaired) electrons. The standard InChI is InChI=1S/C30H50N4O4/c1-17(2)11-21-12-19(4)14-24(30(6,7)8)26(21)38-29(35)25(22(15-31)16-37-36)28-32-27(33-34-28)23-13-18(3)9-10-20(23)5/h17-26,36H,9-14,16H2,1-8H3,(H,32,33,34). The number of hydrogen-bond acceptors (Lipinski definition) is 7. The Hall–Kier alpha value is -1.98. The molecule has 1 aromatic heterocycles. The number of rotatable bonds is 9. The monoisotopic (exact) mass is 530 g/mol. The summed E-state index contributed by atoms with van der Waals surface area (Å²) in [4.78, 5) is 23.1. The van der Waals surface area contributed by atoms with Crippen LogP contribution in [0.1, 0.15) is 117 Å². The van der Waals surface area contributed by atoms with Crippen LogP contribution in [-0.2, 0) is 14.4 Å². The number of hydrogen-bond donors (Lipinski definition) is 2. The van der Waals surface area contributed by atoms with Gasteiger partial charge in [-0.05, 0) is 67.1 Å². The van der Waals surface area contributed by atoms with Crippen LogP contribution in [0.2, 0.25) is 0 Å². The Labute approximate surface area is 229 Å². The third-order valence-electron chi connectivity index (χ3n) is 9.04. The van der Waals surface area contributed by atoms with Crippen molar-refractivity contribution in [2.24, 2.45) is 46.8 Å². The number of carbonyl (C=O) groups is 1. The fourth-order valence-electron chi connectivity index (χ4n) is 6.96. The van der Waals surface area contributed by atoms with Crippen molar-refractivity contribution in [2.45, 2.75) is 112 Å². The van der Waals surface area contributed by atoms with Crippen LogP contribution in [0.5, 0.6) is 0 Å². The molecule has 2 N–H and O–H groups in total. The van der Waals surface area contributed by atoms with Crippen LogP contribution in [0.4, 0.5) is 0 Å². The molecule has 2 aliphatic carbocycles. The smallest absolute Gasteiger partial charge is 0.318 e. The minimum Gasteiger partial charge on any atom is -0.461 e. The van der Waals surface area contributed by atoms with Crippen molar-refractivity contribution in [3.8, 4) is 6.07 Å². The highest BCUT2D eigenvalue weighted by atomic mass is 17.1. The van der Waals surface area contributed by atoms with Gasteiger partial charge in [0.05, 0.1) is 18.6 Å². The van der Waals surface area contributed by atoms with Gasteiger partial charge >= 0.3 is 5.97 Å². The highest BCUT2D eigenvalue weighted by Gasteiger charge is 2.46. The van der Waals surface area contributed by atoms with Crippen molar-refractivity contribution in [3.05, 3.63) is 11.6 Å². The molecule has 9 atom stereocenters. The van der Waals surface area contributed by atoms with E-state index in [9.17, 15) is 15.3 Å². The second kappa shape index (κ2) is 12.9. The Balaban J connectivity index is 1.94. The average Bonchev–Trinajstić information content (AvgIpc) is 3.30. The molecule has 0 bridgehead atoms. The summed E-state index contributed by atoms with van der Waals surface area (Å²) in [5, 5.41) is 26.7. The summed E-state index contributed by atoms with van der Waals surface area (Å²) in [6.07, 6.45) is 6.06. The number of nitriles is 1. The zero-order valence-corrected chi connectivity index (χ0v) is 24.7. The second-order valence-electron chi connectivity index (χ2n) is 13.9. The first-order valence-corrected chi connectivity index (χ1v) is 14.6. The number of aromatic amines is 1. The van der Waals surface area contributed by atoms with E-state index in [4.69, 9.17) is 9.72 Å². The molecule has 3 rings (SSSR count). The number of carbonyl (C=O) groups excluding carboxylic acids is 1. The van der Waals surface area contributed by atoms with Crippen molar-refractivity contribution in [1.29, 1.82) is 5.26 Å². The van der Waals surface area contributed by atoms with Crippen LogP contribution in [0.3, 0.4) is 0 Å². The Kier molecular flexibility index (Phi) is 10.4. The Morgan fingerprint density at radius 1 is 1.16 bits per heavy atom. The van der Waals surface area contributed by atoms with Gasteiger partial charge in [0.15, 0.2) is 5.82 Å². The van der Waals surface area contributed by atoms with E-state index in [1.807, 2.05) is 0 Å². The number of H-pyrrole nitrogens is 1. The molecule has 0 amide bonds. The van der Waals surface area contributed by atoms with Crippen LogP contribution in [-0.4, -0.2) is 39.1 Å². The van der Waals surface area contributed by atoms with Crippen molar-refractivity contribution in [2.75, 3.05) is 6.61 Å². The van der Waals surface area contributed by atoms with Gasteiger partial charge in [-0.2, -0.15) is 10.4 Å². The number of esters is 1. The lowest BCUT2D eigenvalue weighted by atomic mass is 9.63. The van der Waals surface area contributed by atoms with E-state index < -0.39 is 17.8 Å². The molecule has 38 heavy (non-hydrogen) atoms. The summed E-state index contributed by atoms with van der Waals surface area (Å²) >= 11 is 0. The second-order valence-corrected chi connectivity index (χ2v) is 13.9. The van der Waals surface area contributed by atoms with E-state index in [1.54, 1.807) is 0 Å². The minimum atomic E-state index is -1.05. The Morgan fingerprint density at radius 2 is 1.87 bits per heavy atom. The first-order chi connectivity index (χ1) is 17.8. The van der Waals surface area contributed by atoms with Gasteiger partial charge in [0.2, 0.25) is 0 Å². The largest absolute Gasteiger partial charge is 0.461 e. The van der Waals surface area contributed by atoms with Crippen molar-refractivity contribution in [3.63, 3.8) is 0 Å². The van der Waals surface area contributed by atoms with E-state index in [-0.39, 0.29) is 41.7 Å². The maximum atomic E-state index is 14.0. The van der Waals surface area contributed by atoms with E-state index in [1.165, 1.54) is 6.42 Å². The molecule has 2 fully saturated rings. The van der Waals surface area contributed by atoms with Gasteiger partial charge in [-0.1, -0.05) is 61.8 Å².